The number of likely N-dealkylation sites (tertiary alicyclic amines) is 1. The molecule has 3 amide bonds. The van der Waals surface area contributed by atoms with Gasteiger partial charge in [-0.25, -0.2) is 4.79 Å². The van der Waals surface area contributed by atoms with Crippen LogP contribution in [0.25, 0.3) is 0 Å². The highest BCUT2D eigenvalue weighted by Gasteiger charge is 2.29. The topological polar surface area (TPSA) is 70.7 Å². The molecular weight excluding hydrogens is 414 g/mol. The first-order valence-corrected chi connectivity index (χ1v) is 12.3. The maximum absolute atomic E-state index is 12.8. The van der Waals surface area contributed by atoms with Crippen LogP contribution in [0.2, 0.25) is 0 Å². The minimum absolute atomic E-state index is 0.0865. The maximum atomic E-state index is 12.8. The molecule has 0 bridgehead atoms. The number of ether oxygens (including phenoxy) is 1. The van der Waals surface area contributed by atoms with Crippen LogP contribution in [-0.2, 0) is 4.79 Å². The molecule has 4 rings (SSSR count). The van der Waals surface area contributed by atoms with Gasteiger partial charge in [-0.15, -0.1) is 0 Å². The molecule has 0 radical (unpaired) electrons. The van der Waals surface area contributed by atoms with E-state index in [0.29, 0.717) is 5.91 Å². The predicted molar refractivity (Wildman–Crippen MR) is 129 cm³/mol. The number of piperidine rings is 1. The van der Waals surface area contributed by atoms with Crippen LogP contribution in [-0.4, -0.2) is 36.0 Å². The van der Waals surface area contributed by atoms with E-state index >= 15 is 0 Å². The quantitative estimate of drug-likeness (QED) is 0.619. The fraction of sp³-hybridized carbons (Fsp3) is 0.481. The first kappa shape index (κ1) is 23.1. The van der Waals surface area contributed by atoms with E-state index in [1.165, 1.54) is 19.3 Å². The van der Waals surface area contributed by atoms with Crippen molar-refractivity contribution >= 4 is 11.9 Å². The molecule has 176 valence electrons. The van der Waals surface area contributed by atoms with Gasteiger partial charge in [0.15, 0.2) is 0 Å². The first-order valence-electron chi connectivity index (χ1n) is 12.3. The second-order valence-electron chi connectivity index (χ2n) is 9.23. The van der Waals surface area contributed by atoms with Gasteiger partial charge in [0, 0.05) is 30.6 Å². The Morgan fingerprint density at radius 2 is 1.58 bits per heavy atom. The van der Waals surface area contributed by atoms with Crippen molar-refractivity contribution in [2.45, 2.75) is 64.0 Å². The van der Waals surface area contributed by atoms with Gasteiger partial charge < -0.3 is 20.3 Å². The van der Waals surface area contributed by atoms with Crippen LogP contribution in [0.15, 0.2) is 54.6 Å². The molecule has 1 aliphatic heterocycles. The molecule has 2 aliphatic rings. The van der Waals surface area contributed by atoms with Crippen LogP contribution in [0.4, 0.5) is 4.79 Å². The Morgan fingerprint density at radius 1 is 0.909 bits per heavy atom. The van der Waals surface area contributed by atoms with E-state index < -0.39 is 0 Å². The zero-order valence-corrected chi connectivity index (χ0v) is 19.5. The number of benzene rings is 2. The Morgan fingerprint density at radius 3 is 2.30 bits per heavy atom. The van der Waals surface area contributed by atoms with E-state index in [4.69, 9.17) is 4.74 Å². The van der Waals surface area contributed by atoms with Crippen molar-refractivity contribution in [3.05, 3.63) is 60.2 Å². The molecule has 2 fully saturated rings. The van der Waals surface area contributed by atoms with E-state index in [0.717, 1.165) is 55.8 Å². The van der Waals surface area contributed by atoms with Gasteiger partial charge in [-0.2, -0.15) is 0 Å². The summed E-state index contributed by atoms with van der Waals surface area (Å²) in [4.78, 5) is 27.5. The number of para-hydroxylation sites is 2. The fourth-order valence-electron chi connectivity index (χ4n) is 4.90. The second kappa shape index (κ2) is 11.2. The van der Waals surface area contributed by atoms with Gasteiger partial charge in [-0.1, -0.05) is 55.7 Å². The molecule has 2 aromatic carbocycles. The molecule has 1 unspecified atom stereocenters. The van der Waals surface area contributed by atoms with Crippen molar-refractivity contribution in [2.24, 2.45) is 5.92 Å². The van der Waals surface area contributed by atoms with Gasteiger partial charge in [-0.3, -0.25) is 4.79 Å². The number of urea groups is 1. The molecule has 1 saturated heterocycles. The lowest BCUT2D eigenvalue weighted by Gasteiger charge is -2.35. The van der Waals surface area contributed by atoms with E-state index in [-0.39, 0.29) is 24.0 Å². The number of rotatable bonds is 6. The van der Waals surface area contributed by atoms with Crippen molar-refractivity contribution in [1.29, 1.82) is 0 Å². The molecule has 2 N–H and O–H groups in total. The van der Waals surface area contributed by atoms with Crippen LogP contribution < -0.4 is 15.4 Å². The van der Waals surface area contributed by atoms with E-state index in [1.54, 1.807) is 0 Å². The number of carbonyl (C=O) groups excluding carboxylic acids is 2. The lowest BCUT2D eigenvalue weighted by Crippen LogP contribution is -2.50. The summed E-state index contributed by atoms with van der Waals surface area (Å²) in [5.41, 5.74) is 0.921. The minimum Gasteiger partial charge on any atom is -0.457 e. The number of nitrogens with one attached hydrogen (secondary N) is 2. The fourth-order valence-corrected chi connectivity index (χ4v) is 4.90. The Hall–Kier alpha value is -3.02. The molecule has 2 aromatic rings. The minimum atomic E-state index is -0.210. The molecule has 1 heterocycles. The monoisotopic (exact) mass is 449 g/mol. The first-order chi connectivity index (χ1) is 16.1. The van der Waals surface area contributed by atoms with Crippen molar-refractivity contribution in [3.8, 4) is 11.5 Å². The van der Waals surface area contributed by atoms with Crippen LogP contribution in [0, 0.1) is 5.92 Å². The Balaban J connectivity index is 1.26. The molecular formula is C27H35N3O3. The van der Waals surface area contributed by atoms with Gasteiger partial charge in [0.2, 0.25) is 5.91 Å². The van der Waals surface area contributed by atoms with Gasteiger partial charge in [0.1, 0.15) is 11.5 Å². The Kier molecular flexibility index (Phi) is 7.87. The Bertz CT molecular complexity index is 919. The summed E-state index contributed by atoms with van der Waals surface area (Å²) in [7, 11) is 0. The summed E-state index contributed by atoms with van der Waals surface area (Å²) < 4.78 is 6.04. The van der Waals surface area contributed by atoms with Gasteiger partial charge in [0.05, 0.1) is 6.04 Å². The summed E-state index contributed by atoms with van der Waals surface area (Å²) in [6.07, 6.45) is 7.27. The van der Waals surface area contributed by atoms with Crippen LogP contribution in [0.1, 0.15) is 63.5 Å². The highest BCUT2D eigenvalue weighted by atomic mass is 16.5. The summed E-state index contributed by atoms with van der Waals surface area (Å²) in [6.45, 7) is 3.41. The molecule has 1 saturated carbocycles. The highest BCUT2D eigenvalue weighted by Crippen LogP contribution is 2.29. The number of carbonyl (C=O) groups is 2. The van der Waals surface area contributed by atoms with Crippen molar-refractivity contribution in [2.75, 3.05) is 13.1 Å². The smallest absolute Gasteiger partial charge is 0.315 e. The van der Waals surface area contributed by atoms with E-state index in [2.05, 4.69) is 10.6 Å². The van der Waals surface area contributed by atoms with Crippen molar-refractivity contribution < 1.29 is 14.3 Å². The largest absolute Gasteiger partial charge is 0.457 e. The number of nitrogens with zero attached hydrogens (tertiary/aromatic N) is 1. The zero-order valence-electron chi connectivity index (χ0n) is 19.5. The molecule has 0 aromatic heterocycles. The third-order valence-electron chi connectivity index (χ3n) is 6.80. The van der Waals surface area contributed by atoms with Gasteiger partial charge in [0.25, 0.3) is 0 Å². The number of hydrogen-bond donors (Lipinski definition) is 2. The average Bonchev–Trinajstić information content (AvgIpc) is 2.85. The summed E-state index contributed by atoms with van der Waals surface area (Å²) in [5, 5.41) is 6.14. The lowest BCUT2D eigenvalue weighted by atomic mass is 9.87. The molecule has 1 atom stereocenters. The second-order valence-corrected chi connectivity index (χ2v) is 9.23. The number of hydrogen-bond acceptors (Lipinski definition) is 3. The lowest BCUT2D eigenvalue weighted by molar-refractivity contribution is -0.137. The number of amides is 3. The standard InChI is InChI=1S/C27H35N3O3/c1-20(24-14-8-9-15-25(24)33-23-12-6-3-7-13-23)28-27(32)29-22-16-18-30(19-17-22)26(31)21-10-4-2-5-11-21/h3,6-9,12-15,20-22H,2,4-5,10-11,16-19H2,1H3,(H2,28,29,32). The van der Waals surface area contributed by atoms with Gasteiger partial charge in [-0.05, 0) is 50.8 Å². The molecule has 6 nitrogen and oxygen atoms in total. The third kappa shape index (κ3) is 6.28. The van der Waals surface area contributed by atoms with Crippen molar-refractivity contribution in [3.63, 3.8) is 0 Å². The van der Waals surface area contributed by atoms with Crippen LogP contribution in [0.5, 0.6) is 11.5 Å². The molecule has 0 spiro atoms. The maximum Gasteiger partial charge on any atom is 0.315 e. The van der Waals surface area contributed by atoms with Crippen molar-refractivity contribution in [1.82, 2.24) is 15.5 Å². The molecule has 6 heteroatoms. The summed E-state index contributed by atoms with van der Waals surface area (Å²) >= 11 is 0. The zero-order chi connectivity index (χ0) is 23.0. The molecule has 33 heavy (non-hydrogen) atoms. The highest BCUT2D eigenvalue weighted by molar-refractivity contribution is 5.79. The third-order valence-corrected chi connectivity index (χ3v) is 6.80. The average molecular weight is 450 g/mol. The van der Waals surface area contributed by atoms with E-state index in [9.17, 15) is 9.59 Å². The van der Waals surface area contributed by atoms with Gasteiger partial charge >= 0.3 is 6.03 Å². The van der Waals surface area contributed by atoms with E-state index in [1.807, 2.05) is 66.4 Å². The SMILES string of the molecule is CC(NC(=O)NC1CCN(C(=O)C2CCCCC2)CC1)c1ccccc1Oc1ccccc1. The summed E-state index contributed by atoms with van der Waals surface area (Å²) in [6, 6.07) is 17.1. The summed E-state index contributed by atoms with van der Waals surface area (Å²) in [5.74, 6) is 2.02. The van der Waals surface area contributed by atoms with Crippen LogP contribution in [0.3, 0.4) is 0 Å². The normalized spacial score (nSPS) is 18.4. The molecule has 1 aliphatic carbocycles. The van der Waals surface area contributed by atoms with Crippen LogP contribution >= 0.6 is 0 Å². The Labute approximate surface area is 196 Å². The predicted octanol–water partition coefficient (Wildman–Crippen LogP) is 5.41.